The van der Waals surface area contributed by atoms with Crippen LogP contribution in [-0.2, 0) is 26.7 Å². The largest absolute Gasteiger partial charge is 0.355 e. The normalized spacial score (nSPS) is 29.9. The van der Waals surface area contributed by atoms with Crippen molar-refractivity contribution in [2.24, 2.45) is 11.3 Å². The molecule has 0 spiro atoms. The van der Waals surface area contributed by atoms with Crippen molar-refractivity contribution in [3.05, 3.63) is 34.9 Å². The molecule has 2 aliphatic carbocycles. The summed E-state index contributed by atoms with van der Waals surface area (Å²) >= 11 is 0. The molecule has 0 aliphatic heterocycles. The average molecular weight is 408 g/mol. The summed E-state index contributed by atoms with van der Waals surface area (Å²) in [4.78, 5) is 13.1. The van der Waals surface area contributed by atoms with E-state index in [0.717, 1.165) is 32.1 Å². The maximum absolute atomic E-state index is 13.1. The smallest absolute Gasteiger partial charge is 0.266 e. The zero-order valence-electron chi connectivity index (χ0n) is 17.4. The van der Waals surface area contributed by atoms with Gasteiger partial charge in [0.2, 0.25) is 5.91 Å². The molecule has 2 aliphatic rings. The number of amides is 1. The monoisotopic (exact) mass is 407 g/mol. The van der Waals surface area contributed by atoms with Crippen molar-refractivity contribution in [3.63, 3.8) is 0 Å². The van der Waals surface area contributed by atoms with Gasteiger partial charge in [-0.2, -0.15) is 8.42 Å². The first kappa shape index (κ1) is 21.3. The molecule has 156 valence electrons. The molecule has 0 aromatic heterocycles. The highest BCUT2D eigenvalue weighted by Gasteiger charge is 2.54. The standard InChI is InChI=1S/C22H33NO4S/c1-15(2)16-6-8-18-17(14-16)7-9-19-21(18,3)10-5-11-22(19,4)20(24)23-12-13-28(25,26)27/h6,8,14-15,19H,5,7,9-13H2,1-4H3,(H,23,24)(H,25,26,27)/t19-,21-,22-/m1/s1. The van der Waals surface area contributed by atoms with Crippen LogP contribution in [0.2, 0.25) is 0 Å². The van der Waals surface area contributed by atoms with Gasteiger partial charge >= 0.3 is 0 Å². The van der Waals surface area contributed by atoms with Crippen LogP contribution in [0.3, 0.4) is 0 Å². The molecule has 1 saturated carbocycles. The third kappa shape index (κ3) is 3.86. The second-order valence-corrected chi connectivity index (χ2v) is 11.0. The van der Waals surface area contributed by atoms with Gasteiger partial charge in [0.15, 0.2) is 0 Å². The fourth-order valence-electron chi connectivity index (χ4n) is 5.64. The minimum absolute atomic E-state index is 0.0452. The summed E-state index contributed by atoms with van der Waals surface area (Å²) in [6, 6.07) is 6.85. The molecule has 6 heteroatoms. The van der Waals surface area contributed by atoms with E-state index in [0.29, 0.717) is 5.92 Å². The third-order valence-corrected chi connectivity index (χ3v) is 7.93. The van der Waals surface area contributed by atoms with Gasteiger partial charge in [-0.15, -0.1) is 0 Å². The van der Waals surface area contributed by atoms with Crippen LogP contribution in [0.15, 0.2) is 18.2 Å². The molecule has 0 heterocycles. The Hall–Kier alpha value is -1.40. The van der Waals surface area contributed by atoms with Crippen LogP contribution in [0.1, 0.15) is 76.0 Å². The lowest BCUT2D eigenvalue weighted by atomic mass is 9.49. The van der Waals surface area contributed by atoms with E-state index >= 15 is 0 Å². The predicted molar refractivity (Wildman–Crippen MR) is 111 cm³/mol. The summed E-state index contributed by atoms with van der Waals surface area (Å²) in [6.07, 6.45) is 4.79. The number of fused-ring (bicyclic) bond motifs is 3. The zero-order chi connectivity index (χ0) is 20.7. The minimum Gasteiger partial charge on any atom is -0.355 e. The van der Waals surface area contributed by atoms with Gasteiger partial charge in [-0.1, -0.05) is 52.3 Å². The first-order valence-corrected chi connectivity index (χ1v) is 11.9. The van der Waals surface area contributed by atoms with Gasteiger partial charge in [-0.05, 0) is 59.6 Å². The molecule has 0 unspecified atom stereocenters. The van der Waals surface area contributed by atoms with Crippen molar-refractivity contribution < 1.29 is 17.8 Å². The Morgan fingerprint density at radius 1 is 1.29 bits per heavy atom. The number of carbonyl (C=O) groups excluding carboxylic acids is 1. The van der Waals surface area contributed by atoms with Crippen LogP contribution in [-0.4, -0.2) is 31.2 Å². The van der Waals surface area contributed by atoms with Crippen molar-refractivity contribution >= 4 is 16.0 Å². The fraction of sp³-hybridized carbons (Fsp3) is 0.682. The molecular formula is C22H33NO4S. The zero-order valence-corrected chi connectivity index (χ0v) is 18.2. The highest BCUT2D eigenvalue weighted by Crippen LogP contribution is 2.57. The van der Waals surface area contributed by atoms with E-state index in [1.807, 2.05) is 6.92 Å². The topological polar surface area (TPSA) is 83.5 Å². The molecule has 0 bridgehead atoms. The van der Waals surface area contributed by atoms with E-state index in [2.05, 4.69) is 44.3 Å². The van der Waals surface area contributed by atoms with Crippen LogP contribution >= 0.6 is 0 Å². The van der Waals surface area contributed by atoms with Crippen molar-refractivity contribution in [1.82, 2.24) is 5.32 Å². The number of aryl methyl sites for hydroxylation is 1. The van der Waals surface area contributed by atoms with Crippen LogP contribution < -0.4 is 5.32 Å². The maximum atomic E-state index is 13.1. The van der Waals surface area contributed by atoms with E-state index < -0.39 is 21.3 Å². The Morgan fingerprint density at radius 3 is 2.64 bits per heavy atom. The summed E-state index contributed by atoms with van der Waals surface area (Å²) in [7, 11) is -4.07. The molecule has 5 nitrogen and oxygen atoms in total. The second-order valence-electron chi connectivity index (χ2n) is 9.39. The van der Waals surface area contributed by atoms with E-state index in [1.54, 1.807) is 0 Å². The van der Waals surface area contributed by atoms with Gasteiger partial charge in [-0.25, -0.2) is 0 Å². The molecule has 1 aromatic rings. The third-order valence-electron chi connectivity index (χ3n) is 7.21. The first-order valence-electron chi connectivity index (χ1n) is 10.3. The number of hydrogen-bond donors (Lipinski definition) is 2. The minimum atomic E-state index is -4.07. The van der Waals surface area contributed by atoms with E-state index in [1.165, 1.54) is 16.7 Å². The number of hydrogen-bond acceptors (Lipinski definition) is 3. The van der Waals surface area contributed by atoms with Crippen molar-refractivity contribution in [2.75, 3.05) is 12.3 Å². The summed E-state index contributed by atoms with van der Waals surface area (Å²) in [5.41, 5.74) is 3.59. The summed E-state index contributed by atoms with van der Waals surface area (Å²) in [6.45, 7) is 8.71. The second kappa shape index (κ2) is 7.45. The van der Waals surface area contributed by atoms with Gasteiger partial charge in [-0.3, -0.25) is 9.35 Å². The van der Waals surface area contributed by atoms with Gasteiger partial charge in [0.05, 0.1) is 11.2 Å². The molecule has 3 rings (SSSR count). The van der Waals surface area contributed by atoms with E-state index in [9.17, 15) is 13.2 Å². The average Bonchev–Trinajstić information content (AvgIpc) is 2.59. The highest BCUT2D eigenvalue weighted by molar-refractivity contribution is 7.85. The number of rotatable bonds is 5. The predicted octanol–water partition coefficient (Wildman–Crippen LogP) is 3.82. The number of carbonyl (C=O) groups is 1. The quantitative estimate of drug-likeness (QED) is 0.727. The molecule has 0 radical (unpaired) electrons. The van der Waals surface area contributed by atoms with Crippen molar-refractivity contribution in [2.45, 2.75) is 71.1 Å². The van der Waals surface area contributed by atoms with Crippen molar-refractivity contribution in [3.8, 4) is 0 Å². The van der Waals surface area contributed by atoms with Gasteiger partial charge in [0, 0.05) is 6.54 Å². The summed E-state index contributed by atoms with van der Waals surface area (Å²) in [5, 5.41) is 2.77. The van der Waals surface area contributed by atoms with E-state index in [-0.39, 0.29) is 23.8 Å². The Morgan fingerprint density at radius 2 is 2.00 bits per heavy atom. The lowest BCUT2D eigenvalue weighted by Gasteiger charge is -2.54. The number of benzene rings is 1. The lowest BCUT2D eigenvalue weighted by molar-refractivity contribution is -0.138. The Balaban J connectivity index is 1.87. The SMILES string of the molecule is CC(C)c1ccc2c(c1)CC[C@H]1[C@](C)(C(=O)NCCS(=O)(=O)O)CCC[C@]21C. The Kier molecular flexibility index (Phi) is 5.67. The van der Waals surface area contributed by atoms with Crippen LogP contribution in [0.5, 0.6) is 0 Å². The summed E-state index contributed by atoms with van der Waals surface area (Å²) in [5.74, 6) is 0.185. The fourth-order valence-corrected chi connectivity index (χ4v) is 6.00. The molecule has 1 amide bonds. The van der Waals surface area contributed by atoms with Gasteiger partial charge in [0.25, 0.3) is 10.1 Å². The molecule has 1 fully saturated rings. The Labute approximate surface area is 169 Å². The molecule has 1 aromatic carbocycles. The van der Waals surface area contributed by atoms with Crippen LogP contribution in [0, 0.1) is 11.3 Å². The lowest BCUT2D eigenvalue weighted by Crippen LogP contribution is -2.55. The number of nitrogens with one attached hydrogen (secondary N) is 1. The molecule has 28 heavy (non-hydrogen) atoms. The van der Waals surface area contributed by atoms with Crippen molar-refractivity contribution in [1.29, 1.82) is 0 Å². The molecule has 0 saturated heterocycles. The van der Waals surface area contributed by atoms with Gasteiger partial charge < -0.3 is 5.32 Å². The van der Waals surface area contributed by atoms with Crippen LogP contribution in [0.25, 0.3) is 0 Å². The molecular weight excluding hydrogens is 374 g/mol. The highest BCUT2D eigenvalue weighted by atomic mass is 32.2. The summed E-state index contributed by atoms with van der Waals surface area (Å²) < 4.78 is 30.9. The maximum Gasteiger partial charge on any atom is 0.266 e. The Bertz CT molecular complexity index is 863. The first-order chi connectivity index (χ1) is 13.0. The van der Waals surface area contributed by atoms with E-state index in [4.69, 9.17) is 4.55 Å². The molecule has 3 atom stereocenters. The van der Waals surface area contributed by atoms with Crippen LogP contribution in [0.4, 0.5) is 0 Å². The molecule has 2 N–H and O–H groups in total. The van der Waals surface area contributed by atoms with Gasteiger partial charge in [0.1, 0.15) is 0 Å².